The van der Waals surface area contributed by atoms with Crippen LogP contribution in [0.1, 0.15) is 24.8 Å². The van der Waals surface area contributed by atoms with Crippen molar-refractivity contribution < 1.29 is 31.1 Å². The van der Waals surface area contributed by atoms with Gasteiger partial charge in [0, 0.05) is 25.3 Å². The molecule has 2 aliphatic heterocycles. The van der Waals surface area contributed by atoms with Gasteiger partial charge in [-0.25, -0.2) is 8.42 Å². The molecule has 4 rings (SSSR count). The Morgan fingerprint density at radius 3 is 2.27 bits per heavy atom. The Morgan fingerprint density at radius 1 is 1.00 bits per heavy atom. The first-order valence-electron chi connectivity index (χ1n) is 10.2. The number of ether oxygens (including phenoxy) is 1. The molecule has 0 bridgehead atoms. The highest BCUT2D eigenvalue weighted by molar-refractivity contribution is 7.89. The first-order chi connectivity index (χ1) is 15.5. The van der Waals surface area contributed by atoms with E-state index in [2.05, 4.69) is 4.74 Å². The number of hydrogen-bond donors (Lipinski definition) is 0. The van der Waals surface area contributed by atoms with Crippen LogP contribution in [0.3, 0.4) is 0 Å². The number of hydrogen-bond acceptors (Lipinski definition) is 5. The molecular weight excluding hydrogens is 459 g/mol. The summed E-state index contributed by atoms with van der Waals surface area (Å²) in [5, 5.41) is 8.92. The first-order valence-corrected chi connectivity index (χ1v) is 11.7. The molecule has 0 radical (unpaired) electrons. The fourth-order valence-corrected chi connectivity index (χ4v) is 5.98. The van der Waals surface area contributed by atoms with Crippen molar-refractivity contribution >= 4 is 21.6 Å². The Labute approximate surface area is 189 Å². The number of benzene rings is 2. The van der Waals surface area contributed by atoms with Gasteiger partial charge in [0.15, 0.2) is 0 Å². The second-order valence-corrected chi connectivity index (χ2v) is 10.0. The monoisotopic (exact) mass is 479 g/mol. The first kappa shape index (κ1) is 23.1. The van der Waals surface area contributed by atoms with Gasteiger partial charge in [0.1, 0.15) is 5.75 Å². The van der Waals surface area contributed by atoms with Crippen LogP contribution in [-0.2, 0) is 14.8 Å². The van der Waals surface area contributed by atoms with Crippen LogP contribution in [0.4, 0.5) is 18.9 Å². The van der Waals surface area contributed by atoms with Crippen molar-refractivity contribution in [3.8, 4) is 11.8 Å². The number of rotatable bonds is 4. The molecule has 2 heterocycles. The highest BCUT2D eigenvalue weighted by Crippen LogP contribution is 2.43. The van der Waals surface area contributed by atoms with Crippen molar-refractivity contribution in [2.24, 2.45) is 5.41 Å². The molecule has 2 aromatic rings. The SMILES string of the molecule is N#Cc1ccc(S(=O)(=O)N2CCCC3(CCN(c4ccc(OC(F)(F)F)cc4)C3=O)C2)cc1. The zero-order chi connectivity index (χ0) is 23.9. The number of nitrogens with zero attached hydrogens (tertiary/aromatic N) is 3. The Balaban J connectivity index is 1.52. The van der Waals surface area contributed by atoms with E-state index in [-0.39, 0.29) is 29.6 Å². The summed E-state index contributed by atoms with van der Waals surface area (Å²) in [5.41, 5.74) is -0.116. The number of piperidine rings is 1. The highest BCUT2D eigenvalue weighted by atomic mass is 32.2. The lowest BCUT2D eigenvalue weighted by molar-refractivity contribution is -0.274. The van der Waals surface area contributed by atoms with Crippen molar-refractivity contribution in [2.75, 3.05) is 24.5 Å². The van der Waals surface area contributed by atoms with Crippen LogP contribution < -0.4 is 9.64 Å². The fourth-order valence-electron chi connectivity index (χ4n) is 4.42. The summed E-state index contributed by atoms with van der Waals surface area (Å²) in [6.07, 6.45) is -3.34. The van der Waals surface area contributed by atoms with E-state index >= 15 is 0 Å². The van der Waals surface area contributed by atoms with E-state index in [0.717, 1.165) is 12.1 Å². The van der Waals surface area contributed by atoms with Crippen molar-refractivity contribution in [3.63, 3.8) is 0 Å². The number of carbonyl (C=O) groups is 1. The van der Waals surface area contributed by atoms with Crippen LogP contribution in [0.25, 0.3) is 0 Å². The molecule has 2 aromatic carbocycles. The lowest BCUT2D eigenvalue weighted by atomic mass is 9.79. The van der Waals surface area contributed by atoms with Crippen LogP contribution in [0, 0.1) is 16.7 Å². The summed E-state index contributed by atoms with van der Waals surface area (Å²) in [6.45, 7) is 0.643. The molecule has 1 unspecified atom stereocenters. The van der Waals surface area contributed by atoms with Gasteiger partial charge in [0.25, 0.3) is 0 Å². The molecule has 2 saturated heterocycles. The number of alkyl halides is 3. The molecule has 1 amide bonds. The zero-order valence-corrected chi connectivity index (χ0v) is 18.2. The molecule has 174 valence electrons. The van der Waals surface area contributed by atoms with Crippen molar-refractivity contribution in [3.05, 3.63) is 54.1 Å². The number of halogens is 3. The van der Waals surface area contributed by atoms with Gasteiger partial charge >= 0.3 is 6.36 Å². The summed E-state index contributed by atoms with van der Waals surface area (Å²) in [6, 6.07) is 12.6. The van der Waals surface area contributed by atoms with E-state index in [0.29, 0.717) is 37.1 Å². The molecule has 2 aliphatic rings. The smallest absolute Gasteiger partial charge is 0.406 e. The minimum absolute atomic E-state index is 0.0277. The fraction of sp³-hybridized carbons (Fsp3) is 0.364. The predicted octanol–water partition coefficient (Wildman–Crippen LogP) is 3.66. The van der Waals surface area contributed by atoms with Crippen LogP contribution in [0.2, 0.25) is 0 Å². The summed E-state index contributed by atoms with van der Waals surface area (Å²) in [7, 11) is -3.85. The van der Waals surface area contributed by atoms with Gasteiger partial charge in [0.2, 0.25) is 15.9 Å². The number of nitriles is 1. The minimum Gasteiger partial charge on any atom is -0.406 e. The molecule has 0 N–H and O–H groups in total. The molecule has 33 heavy (non-hydrogen) atoms. The van der Waals surface area contributed by atoms with Crippen LogP contribution in [-0.4, -0.2) is 44.6 Å². The van der Waals surface area contributed by atoms with Gasteiger partial charge in [0.05, 0.1) is 21.9 Å². The number of carbonyl (C=O) groups excluding carboxylic acids is 1. The third kappa shape index (κ3) is 4.54. The maximum Gasteiger partial charge on any atom is 0.573 e. The lowest BCUT2D eigenvalue weighted by Crippen LogP contribution is -2.49. The summed E-state index contributed by atoms with van der Waals surface area (Å²) in [4.78, 5) is 14.9. The van der Waals surface area contributed by atoms with Crippen LogP contribution in [0.15, 0.2) is 53.4 Å². The molecule has 0 saturated carbocycles. The molecular formula is C22H20F3N3O4S. The Hall–Kier alpha value is -3.10. The second-order valence-electron chi connectivity index (χ2n) is 8.11. The van der Waals surface area contributed by atoms with Crippen LogP contribution in [0.5, 0.6) is 5.75 Å². The quantitative estimate of drug-likeness (QED) is 0.668. The summed E-state index contributed by atoms with van der Waals surface area (Å²) >= 11 is 0. The second kappa shape index (κ2) is 8.35. The van der Waals surface area contributed by atoms with Gasteiger partial charge in [-0.3, -0.25) is 4.79 Å². The highest BCUT2D eigenvalue weighted by Gasteiger charge is 2.51. The maximum atomic E-state index is 13.3. The molecule has 7 nitrogen and oxygen atoms in total. The van der Waals surface area contributed by atoms with Crippen molar-refractivity contribution in [1.82, 2.24) is 4.31 Å². The molecule has 11 heteroatoms. The van der Waals surface area contributed by atoms with E-state index in [1.54, 1.807) is 0 Å². The Bertz CT molecular complexity index is 1190. The molecule has 0 aromatic heterocycles. The summed E-state index contributed by atoms with van der Waals surface area (Å²) < 4.78 is 68.6. The normalized spacial score (nSPS) is 21.9. The third-order valence-electron chi connectivity index (χ3n) is 6.06. The third-order valence-corrected chi connectivity index (χ3v) is 7.92. The van der Waals surface area contributed by atoms with E-state index < -0.39 is 21.8 Å². The molecule has 1 atom stereocenters. The van der Waals surface area contributed by atoms with E-state index in [1.165, 1.54) is 45.6 Å². The molecule has 2 fully saturated rings. The van der Waals surface area contributed by atoms with Gasteiger partial charge in [-0.15, -0.1) is 13.2 Å². The average molecular weight is 479 g/mol. The van der Waals surface area contributed by atoms with Gasteiger partial charge in [-0.05, 0) is 67.8 Å². The van der Waals surface area contributed by atoms with E-state index in [9.17, 15) is 26.4 Å². The van der Waals surface area contributed by atoms with Gasteiger partial charge < -0.3 is 9.64 Å². The Kier molecular flexibility index (Phi) is 5.84. The van der Waals surface area contributed by atoms with Crippen LogP contribution >= 0.6 is 0 Å². The van der Waals surface area contributed by atoms with Gasteiger partial charge in [-0.1, -0.05) is 0 Å². The number of anilines is 1. The number of amides is 1. The predicted molar refractivity (Wildman–Crippen MR) is 112 cm³/mol. The summed E-state index contributed by atoms with van der Waals surface area (Å²) in [5.74, 6) is -0.628. The molecule has 0 aliphatic carbocycles. The van der Waals surface area contributed by atoms with E-state index in [4.69, 9.17) is 5.26 Å². The van der Waals surface area contributed by atoms with E-state index in [1.807, 2.05) is 6.07 Å². The van der Waals surface area contributed by atoms with Crippen molar-refractivity contribution in [1.29, 1.82) is 5.26 Å². The Morgan fingerprint density at radius 2 is 1.67 bits per heavy atom. The maximum absolute atomic E-state index is 13.3. The topological polar surface area (TPSA) is 90.7 Å². The minimum atomic E-state index is -4.80. The largest absolute Gasteiger partial charge is 0.573 e. The lowest BCUT2D eigenvalue weighted by Gasteiger charge is -2.38. The van der Waals surface area contributed by atoms with Gasteiger partial charge in [-0.2, -0.15) is 9.57 Å². The zero-order valence-electron chi connectivity index (χ0n) is 17.4. The number of sulfonamides is 1. The molecule has 1 spiro atoms. The van der Waals surface area contributed by atoms with Crippen molar-refractivity contribution in [2.45, 2.75) is 30.5 Å². The average Bonchev–Trinajstić information content (AvgIpc) is 3.08. The standard InChI is InChI=1S/C22H20F3N3O4S/c23-22(24,25)32-18-6-4-17(5-7-18)28-13-11-21(20(28)29)10-1-12-27(15-21)33(30,31)19-8-2-16(14-26)3-9-19/h2-9H,1,10-13,15H2.